The fourth-order valence-corrected chi connectivity index (χ4v) is 2.20. The first kappa shape index (κ1) is 17.1. The molecule has 0 saturated carbocycles. The highest BCUT2D eigenvalue weighted by atomic mass is 35.5. The lowest BCUT2D eigenvalue weighted by Gasteiger charge is -2.33. The predicted molar refractivity (Wildman–Crippen MR) is 70.7 cm³/mol. The van der Waals surface area contributed by atoms with E-state index < -0.39 is 8.67 Å². The second-order valence-electron chi connectivity index (χ2n) is 3.77. The van der Waals surface area contributed by atoms with E-state index in [0.717, 1.165) is 0 Å². The van der Waals surface area contributed by atoms with Crippen molar-refractivity contribution in [2.45, 2.75) is 47.2 Å². The number of rotatable bonds is 9. The highest BCUT2D eigenvalue weighted by Gasteiger charge is 2.45. The third-order valence-corrected chi connectivity index (χ3v) is 4.77. The lowest BCUT2D eigenvalue weighted by atomic mass is 10.1. The predicted octanol–water partition coefficient (Wildman–Crippen LogP) is 3.66. The molecular weight excluding hydrogens is 294 g/mol. The van der Waals surface area contributed by atoms with Gasteiger partial charge in [0.1, 0.15) is 0 Å². The lowest BCUT2D eigenvalue weighted by molar-refractivity contribution is 0.277. The van der Waals surface area contributed by atoms with Crippen LogP contribution in [0.2, 0.25) is 0 Å². The van der Waals surface area contributed by atoms with Gasteiger partial charge in [-0.1, -0.05) is 46.4 Å². The van der Waals surface area contributed by atoms with Crippen LogP contribution in [-0.2, 0) is 0 Å². The maximum atomic E-state index is 8.66. The Balaban J connectivity index is 4.11. The summed E-state index contributed by atoms with van der Waals surface area (Å²) in [4.78, 5) is 0. The Labute approximate surface area is 117 Å². The van der Waals surface area contributed by atoms with Gasteiger partial charge in [-0.05, 0) is 38.5 Å². The SMILES string of the molecule is OCCCCC(Cl)(Cl)C(Cl)(Cl)CCCCO. The molecule has 16 heavy (non-hydrogen) atoms. The van der Waals surface area contributed by atoms with Gasteiger partial charge < -0.3 is 10.2 Å². The number of hydrogen-bond donors (Lipinski definition) is 2. The minimum Gasteiger partial charge on any atom is -0.396 e. The fraction of sp³-hybridized carbons (Fsp3) is 1.00. The largest absolute Gasteiger partial charge is 0.396 e. The minimum atomic E-state index is -1.22. The highest BCUT2D eigenvalue weighted by Crippen LogP contribution is 2.48. The summed E-state index contributed by atoms with van der Waals surface area (Å²) in [7, 11) is 0. The molecule has 0 aliphatic rings. The maximum Gasteiger partial charge on any atom is 0.151 e. The molecule has 0 amide bonds. The summed E-state index contributed by atoms with van der Waals surface area (Å²) in [6, 6.07) is 0. The molecule has 0 spiro atoms. The van der Waals surface area contributed by atoms with Gasteiger partial charge in [0.25, 0.3) is 0 Å². The smallest absolute Gasteiger partial charge is 0.151 e. The van der Waals surface area contributed by atoms with E-state index in [4.69, 9.17) is 56.6 Å². The summed E-state index contributed by atoms with van der Waals surface area (Å²) in [6.45, 7) is 0.206. The van der Waals surface area contributed by atoms with Gasteiger partial charge in [0.15, 0.2) is 8.67 Å². The Morgan fingerprint density at radius 1 is 0.625 bits per heavy atom. The van der Waals surface area contributed by atoms with Crippen LogP contribution in [0.1, 0.15) is 38.5 Å². The number of hydrogen-bond acceptors (Lipinski definition) is 2. The van der Waals surface area contributed by atoms with Crippen LogP contribution in [0.4, 0.5) is 0 Å². The molecule has 0 aliphatic carbocycles. The van der Waals surface area contributed by atoms with Crippen molar-refractivity contribution < 1.29 is 10.2 Å². The van der Waals surface area contributed by atoms with Gasteiger partial charge in [-0.2, -0.15) is 0 Å². The van der Waals surface area contributed by atoms with Crippen molar-refractivity contribution in [3.63, 3.8) is 0 Å². The van der Waals surface area contributed by atoms with Crippen LogP contribution in [0, 0.1) is 0 Å². The van der Waals surface area contributed by atoms with Gasteiger partial charge in [-0.3, -0.25) is 0 Å². The van der Waals surface area contributed by atoms with Crippen molar-refractivity contribution in [2.75, 3.05) is 13.2 Å². The van der Waals surface area contributed by atoms with Crippen LogP contribution >= 0.6 is 46.4 Å². The highest BCUT2D eigenvalue weighted by molar-refractivity contribution is 6.62. The van der Waals surface area contributed by atoms with Crippen molar-refractivity contribution in [3.8, 4) is 0 Å². The topological polar surface area (TPSA) is 40.5 Å². The van der Waals surface area contributed by atoms with E-state index in [-0.39, 0.29) is 13.2 Å². The zero-order valence-electron chi connectivity index (χ0n) is 9.06. The van der Waals surface area contributed by atoms with E-state index in [1.54, 1.807) is 0 Å². The molecule has 0 aromatic rings. The van der Waals surface area contributed by atoms with Crippen LogP contribution in [0.25, 0.3) is 0 Å². The van der Waals surface area contributed by atoms with Crippen molar-refractivity contribution in [2.24, 2.45) is 0 Å². The lowest BCUT2D eigenvalue weighted by Crippen LogP contribution is -2.36. The van der Waals surface area contributed by atoms with E-state index in [1.807, 2.05) is 0 Å². The normalized spacial score (nSPS) is 13.1. The van der Waals surface area contributed by atoms with Crippen LogP contribution in [0.15, 0.2) is 0 Å². The first-order valence-electron chi connectivity index (χ1n) is 5.35. The van der Waals surface area contributed by atoms with Crippen LogP contribution in [-0.4, -0.2) is 32.1 Å². The van der Waals surface area contributed by atoms with Gasteiger partial charge in [0.2, 0.25) is 0 Å². The molecule has 0 heterocycles. The zero-order chi connectivity index (χ0) is 12.7. The molecule has 0 atom stereocenters. The average molecular weight is 312 g/mol. The molecule has 0 aliphatic heterocycles. The van der Waals surface area contributed by atoms with Gasteiger partial charge in [-0.25, -0.2) is 0 Å². The van der Waals surface area contributed by atoms with E-state index >= 15 is 0 Å². The molecule has 0 aromatic carbocycles. The number of aliphatic hydroxyl groups excluding tert-OH is 2. The summed E-state index contributed by atoms with van der Waals surface area (Å²) in [5.41, 5.74) is 0. The number of alkyl halides is 4. The molecule has 2 nitrogen and oxygen atoms in total. The Kier molecular flexibility index (Phi) is 8.78. The molecule has 0 aromatic heterocycles. The summed E-state index contributed by atoms with van der Waals surface area (Å²) in [6.07, 6.45) is 3.46. The molecule has 0 rings (SSSR count). The van der Waals surface area contributed by atoms with Crippen LogP contribution < -0.4 is 0 Å². The summed E-state index contributed by atoms with van der Waals surface area (Å²) < 4.78 is -2.44. The third kappa shape index (κ3) is 6.13. The van der Waals surface area contributed by atoms with Gasteiger partial charge in [0, 0.05) is 13.2 Å². The summed E-state index contributed by atoms with van der Waals surface area (Å²) in [5, 5.41) is 17.3. The molecule has 98 valence electrons. The Morgan fingerprint density at radius 2 is 0.938 bits per heavy atom. The second kappa shape index (κ2) is 8.23. The molecule has 0 fully saturated rings. The van der Waals surface area contributed by atoms with Crippen molar-refractivity contribution in [3.05, 3.63) is 0 Å². The molecule has 0 bridgehead atoms. The Hall–Kier alpha value is 1.08. The average Bonchev–Trinajstić information content (AvgIpc) is 2.18. The Morgan fingerprint density at radius 3 is 1.19 bits per heavy atom. The van der Waals surface area contributed by atoms with E-state index in [1.165, 1.54) is 0 Å². The molecule has 6 heteroatoms. The van der Waals surface area contributed by atoms with Crippen molar-refractivity contribution >= 4 is 46.4 Å². The minimum absolute atomic E-state index is 0.103. The third-order valence-electron chi connectivity index (χ3n) is 2.33. The molecule has 0 unspecified atom stereocenters. The quantitative estimate of drug-likeness (QED) is 0.504. The second-order valence-corrected chi connectivity index (χ2v) is 6.74. The molecule has 2 N–H and O–H groups in total. The Bertz CT molecular complexity index is 166. The molecule has 0 radical (unpaired) electrons. The molecule has 0 saturated heterocycles. The molecular formula is C10H18Cl4O2. The maximum absolute atomic E-state index is 8.66. The number of halogens is 4. The van der Waals surface area contributed by atoms with Crippen molar-refractivity contribution in [1.29, 1.82) is 0 Å². The van der Waals surface area contributed by atoms with Gasteiger partial charge >= 0.3 is 0 Å². The van der Waals surface area contributed by atoms with Gasteiger partial charge in [0.05, 0.1) is 0 Å². The van der Waals surface area contributed by atoms with Crippen LogP contribution in [0.3, 0.4) is 0 Å². The zero-order valence-corrected chi connectivity index (χ0v) is 12.1. The van der Waals surface area contributed by atoms with E-state index in [2.05, 4.69) is 0 Å². The number of aliphatic hydroxyl groups is 2. The fourth-order valence-electron chi connectivity index (χ4n) is 1.28. The monoisotopic (exact) mass is 310 g/mol. The number of unbranched alkanes of at least 4 members (excludes halogenated alkanes) is 2. The summed E-state index contributed by atoms with van der Waals surface area (Å²) in [5.74, 6) is 0. The standard InChI is InChI=1S/C10H18Cl4O2/c11-9(12,5-1-3-7-15)10(13,14)6-2-4-8-16/h15-16H,1-8H2. The van der Waals surface area contributed by atoms with Crippen molar-refractivity contribution in [1.82, 2.24) is 0 Å². The van der Waals surface area contributed by atoms with E-state index in [0.29, 0.717) is 38.5 Å². The van der Waals surface area contributed by atoms with Crippen LogP contribution in [0.5, 0.6) is 0 Å². The van der Waals surface area contributed by atoms with E-state index in [9.17, 15) is 0 Å². The first-order valence-corrected chi connectivity index (χ1v) is 6.86. The first-order chi connectivity index (χ1) is 7.37. The van der Waals surface area contributed by atoms with Gasteiger partial charge in [-0.15, -0.1) is 0 Å². The summed E-state index contributed by atoms with van der Waals surface area (Å²) >= 11 is 24.4.